The van der Waals surface area contributed by atoms with Gasteiger partial charge in [-0.05, 0) is 19.8 Å². The van der Waals surface area contributed by atoms with Gasteiger partial charge in [-0.2, -0.15) is 0 Å². The Morgan fingerprint density at radius 1 is 1.21 bits per heavy atom. The molecule has 1 fully saturated rings. The summed E-state index contributed by atoms with van der Waals surface area (Å²) in [4.78, 5) is 24.6. The largest absolute Gasteiger partial charge is 0.370 e. The van der Waals surface area contributed by atoms with E-state index in [0.717, 1.165) is 25.9 Å². The molecule has 4 nitrogen and oxygen atoms in total. The molecule has 0 aromatic heterocycles. The Kier molecular flexibility index (Phi) is 9.70. The lowest BCUT2D eigenvalue weighted by Crippen LogP contribution is -2.41. The first-order valence-electron chi connectivity index (χ1n) is 7.35. The van der Waals surface area contributed by atoms with Gasteiger partial charge in [-0.15, -0.1) is 0 Å². The van der Waals surface area contributed by atoms with Crippen molar-refractivity contribution >= 4 is 11.6 Å². The van der Waals surface area contributed by atoms with Crippen LogP contribution in [0.15, 0.2) is 0 Å². The molecular formula is C15H29NO3. The molecule has 0 amide bonds. The van der Waals surface area contributed by atoms with Crippen molar-refractivity contribution in [3.05, 3.63) is 0 Å². The highest BCUT2D eigenvalue weighted by Gasteiger charge is 2.22. The molecule has 1 rings (SSSR count). The minimum atomic E-state index is 0.0717. The maximum absolute atomic E-state index is 11.6. The summed E-state index contributed by atoms with van der Waals surface area (Å²) in [5.74, 6) is 0.484. The number of carbonyl (C=O) groups is 2. The third-order valence-corrected chi connectivity index (χ3v) is 3.08. The van der Waals surface area contributed by atoms with Gasteiger partial charge in [0.25, 0.3) is 0 Å². The van der Waals surface area contributed by atoms with Crippen molar-refractivity contribution in [1.29, 1.82) is 0 Å². The third-order valence-electron chi connectivity index (χ3n) is 3.08. The van der Waals surface area contributed by atoms with Gasteiger partial charge in [0.15, 0.2) is 5.78 Å². The van der Waals surface area contributed by atoms with Crippen LogP contribution in [0.25, 0.3) is 0 Å². The Labute approximate surface area is 117 Å². The van der Waals surface area contributed by atoms with Crippen LogP contribution < -0.4 is 0 Å². The highest BCUT2D eigenvalue weighted by atomic mass is 16.5. The van der Waals surface area contributed by atoms with E-state index in [9.17, 15) is 9.59 Å². The average molecular weight is 271 g/mol. The molecular weight excluding hydrogens is 242 g/mol. The quantitative estimate of drug-likeness (QED) is 0.743. The Balaban J connectivity index is 0.00000154. The topological polar surface area (TPSA) is 46.6 Å². The van der Waals surface area contributed by atoms with Gasteiger partial charge in [-0.1, -0.05) is 27.7 Å². The first kappa shape index (κ1) is 18.3. The van der Waals surface area contributed by atoms with Crippen molar-refractivity contribution in [2.75, 3.05) is 26.2 Å². The summed E-state index contributed by atoms with van der Waals surface area (Å²) in [6, 6.07) is 0. The van der Waals surface area contributed by atoms with Crippen molar-refractivity contribution < 1.29 is 14.3 Å². The fourth-order valence-corrected chi connectivity index (χ4v) is 1.87. The first-order chi connectivity index (χ1) is 8.99. The number of ketones is 2. The number of rotatable bonds is 6. The molecule has 0 aromatic carbocycles. The van der Waals surface area contributed by atoms with Crippen LogP contribution >= 0.6 is 0 Å². The van der Waals surface area contributed by atoms with Gasteiger partial charge in [0.05, 0.1) is 12.6 Å². The van der Waals surface area contributed by atoms with Crippen molar-refractivity contribution in [1.82, 2.24) is 4.90 Å². The standard InChI is InChI=1S/C13H23NO3.C2H6/c1-10(2)13(16)8-14-6-4-12(5-7-14)17-9-11(3)15;1-2/h10,12H,4-9H2,1-3H3;1-2H3. The summed E-state index contributed by atoms with van der Waals surface area (Å²) in [5.41, 5.74) is 0. The predicted octanol–water partition coefficient (Wildman–Crippen LogP) is 2.31. The first-order valence-corrected chi connectivity index (χ1v) is 7.35. The lowest BCUT2D eigenvalue weighted by Gasteiger charge is -2.31. The van der Waals surface area contributed by atoms with Gasteiger partial charge in [0.1, 0.15) is 12.4 Å². The summed E-state index contributed by atoms with van der Waals surface area (Å²) < 4.78 is 5.48. The fraction of sp³-hybridized carbons (Fsp3) is 0.867. The van der Waals surface area contributed by atoms with Gasteiger partial charge < -0.3 is 4.74 Å². The molecule has 1 saturated heterocycles. The molecule has 4 heteroatoms. The highest BCUT2D eigenvalue weighted by molar-refractivity contribution is 5.82. The molecule has 19 heavy (non-hydrogen) atoms. The molecule has 0 spiro atoms. The van der Waals surface area contributed by atoms with Crippen LogP contribution in [0.3, 0.4) is 0 Å². The maximum Gasteiger partial charge on any atom is 0.155 e. The van der Waals surface area contributed by atoms with E-state index in [1.165, 1.54) is 6.92 Å². The number of ether oxygens (including phenoxy) is 1. The Bertz CT molecular complexity index is 269. The van der Waals surface area contributed by atoms with E-state index in [2.05, 4.69) is 4.90 Å². The number of piperidine rings is 1. The van der Waals surface area contributed by atoms with E-state index in [1.807, 2.05) is 27.7 Å². The van der Waals surface area contributed by atoms with E-state index in [-0.39, 0.29) is 24.4 Å². The zero-order valence-electron chi connectivity index (χ0n) is 13.1. The van der Waals surface area contributed by atoms with Crippen LogP contribution in [-0.4, -0.2) is 48.8 Å². The smallest absolute Gasteiger partial charge is 0.155 e. The van der Waals surface area contributed by atoms with Gasteiger partial charge >= 0.3 is 0 Å². The highest BCUT2D eigenvalue weighted by Crippen LogP contribution is 2.14. The van der Waals surface area contributed by atoms with E-state index in [4.69, 9.17) is 4.74 Å². The molecule has 1 aliphatic rings. The number of nitrogens with zero attached hydrogens (tertiary/aromatic N) is 1. The molecule has 0 bridgehead atoms. The molecule has 0 aromatic rings. The van der Waals surface area contributed by atoms with Gasteiger partial charge in [-0.3, -0.25) is 14.5 Å². The zero-order valence-corrected chi connectivity index (χ0v) is 13.1. The Morgan fingerprint density at radius 3 is 2.16 bits per heavy atom. The van der Waals surface area contributed by atoms with Gasteiger partial charge in [0.2, 0.25) is 0 Å². The van der Waals surface area contributed by atoms with E-state index in [0.29, 0.717) is 12.3 Å². The second-order valence-corrected chi connectivity index (χ2v) is 5.11. The van der Waals surface area contributed by atoms with Gasteiger partial charge in [-0.25, -0.2) is 0 Å². The summed E-state index contributed by atoms with van der Waals surface area (Å²) >= 11 is 0. The minimum Gasteiger partial charge on any atom is -0.370 e. The van der Waals surface area contributed by atoms with E-state index < -0.39 is 0 Å². The molecule has 0 aliphatic carbocycles. The summed E-state index contributed by atoms with van der Waals surface area (Å²) in [6.07, 6.45) is 2.02. The molecule has 0 N–H and O–H groups in total. The number of carbonyl (C=O) groups excluding carboxylic acids is 2. The van der Waals surface area contributed by atoms with Crippen LogP contribution in [0.1, 0.15) is 47.5 Å². The minimum absolute atomic E-state index is 0.0717. The normalized spacial score (nSPS) is 16.9. The van der Waals surface area contributed by atoms with Gasteiger partial charge in [0, 0.05) is 19.0 Å². The predicted molar refractivity (Wildman–Crippen MR) is 77.3 cm³/mol. The lowest BCUT2D eigenvalue weighted by atomic mass is 10.0. The second kappa shape index (κ2) is 10.1. The summed E-state index contributed by atoms with van der Waals surface area (Å²) in [6.45, 7) is 12.0. The molecule has 112 valence electrons. The van der Waals surface area contributed by atoms with Crippen LogP contribution in [0.2, 0.25) is 0 Å². The molecule has 0 radical (unpaired) electrons. The SMILES string of the molecule is CC.CC(=O)COC1CCN(CC(=O)C(C)C)CC1. The van der Waals surface area contributed by atoms with Crippen LogP contribution in [0.4, 0.5) is 0 Å². The van der Waals surface area contributed by atoms with Crippen LogP contribution in [0, 0.1) is 5.92 Å². The van der Waals surface area contributed by atoms with Crippen molar-refractivity contribution in [2.45, 2.75) is 53.6 Å². The molecule has 0 atom stereocenters. The number of hydrogen-bond acceptors (Lipinski definition) is 4. The zero-order chi connectivity index (χ0) is 14.8. The fourth-order valence-electron chi connectivity index (χ4n) is 1.87. The molecule has 0 saturated carbocycles. The number of likely N-dealkylation sites (tertiary alicyclic amines) is 1. The average Bonchev–Trinajstić information content (AvgIpc) is 2.40. The Morgan fingerprint density at radius 2 is 1.74 bits per heavy atom. The number of hydrogen-bond donors (Lipinski definition) is 0. The second-order valence-electron chi connectivity index (χ2n) is 5.11. The lowest BCUT2D eigenvalue weighted by molar-refractivity contribution is -0.125. The molecule has 0 unspecified atom stereocenters. The number of Topliss-reactive ketones (excluding diaryl/α,β-unsaturated/α-hetero) is 2. The van der Waals surface area contributed by atoms with Crippen LogP contribution in [0.5, 0.6) is 0 Å². The molecule has 1 aliphatic heterocycles. The van der Waals surface area contributed by atoms with Crippen molar-refractivity contribution in [3.8, 4) is 0 Å². The third kappa shape index (κ3) is 8.11. The van der Waals surface area contributed by atoms with Crippen molar-refractivity contribution in [2.24, 2.45) is 5.92 Å². The van der Waals surface area contributed by atoms with Crippen LogP contribution in [-0.2, 0) is 14.3 Å². The van der Waals surface area contributed by atoms with E-state index >= 15 is 0 Å². The monoisotopic (exact) mass is 271 g/mol. The summed E-state index contributed by atoms with van der Waals surface area (Å²) in [5, 5.41) is 0. The van der Waals surface area contributed by atoms with E-state index in [1.54, 1.807) is 0 Å². The Hall–Kier alpha value is -0.740. The van der Waals surface area contributed by atoms with Crippen molar-refractivity contribution in [3.63, 3.8) is 0 Å². The molecule has 1 heterocycles. The maximum atomic E-state index is 11.6. The summed E-state index contributed by atoms with van der Waals surface area (Å²) in [7, 11) is 0.